The van der Waals surface area contributed by atoms with Gasteiger partial charge in [0.1, 0.15) is 5.69 Å². The molecule has 0 spiro atoms. The molecule has 2 aromatic heterocycles. The Labute approximate surface area is 159 Å². The van der Waals surface area contributed by atoms with Crippen LogP contribution in [0, 0.1) is 0 Å². The third-order valence-electron chi connectivity index (χ3n) is 3.86. The van der Waals surface area contributed by atoms with Crippen molar-refractivity contribution in [1.82, 2.24) is 9.78 Å². The highest BCUT2D eigenvalue weighted by Gasteiger charge is 2.20. The van der Waals surface area contributed by atoms with Gasteiger partial charge >= 0.3 is 0 Å². The van der Waals surface area contributed by atoms with Crippen LogP contribution < -0.4 is 5.32 Å². The van der Waals surface area contributed by atoms with E-state index in [1.54, 1.807) is 34.3 Å². The number of para-hydroxylation sites is 2. The van der Waals surface area contributed by atoms with Crippen molar-refractivity contribution in [3.05, 3.63) is 88.9 Å². The van der Waals surface area contributed by atoms with Gasteiger partial charge in [-0.15, -0.1) is 11.3 Å². The first-order chi connectivity index (χ1) is 12.7. The molecule has 0 saturated heterocycles. The second-order valence-corrected chi connectivity index (χ2v) is 6.94. The van der Waals surface area contributed by atoms with E-state index in [-0.39, 0.29) is 5.91 Å². The van der Waals surface area contributed by atoms with E-state index in [2.05, 4.69) is 10.4 Å². The number of aromatic nitrogens is 2. The maximum Gasteiger partial charge on any atom is 0.259 e. The molecule has 0 unspecified atom stereocenters. The van der Waals surface area contributed by atoms with Crippen LogP contribution in [0.15, 0.2) is 78.3 Å². The monoisotopic (exact) mass is 379 g/mol. The number of thiophene rings is 1. The van der Waals surface area contributed by atoms with Crippen LogP contribution >= 0.6 is 22.9 Å². The van der Waals surface area contributed by atoms with E-state index in [9.17, 15) is 4.79 Å². The Morgan fingerprint density at radius 3 is 2.50 bits per heavy atom. The van der Waals surface area contributed by atoms with Gasteiger partial charge in [-0.2, -0.15) is 5.10 Å². The van der Waals surface area contributed by atoms with Gasteiger partial charge in [0.25, 0.3) is 5.91 Å². The summed E-state index contributed by atoms with van der Waals surface area (Å²) in [4.78, 5) is 13.8. The minimum Gasteiger partial charge on any atom is -0.321 e. The molecule has 0 bridgehead atoms. The minimum absolute atomic E-state index is 0.247. The van der Waals surface area contributed by atoms with Crippen molar-refractivity contribution >= 4 is 34.5 Å². The van der Waals surface area contributed by atoms with Crippen molar-refractivity contribution in [1.29, 1.82) is 0 Å². The topological polar surface area (TPSA) is 46.9 Å². The molecule has 0 aliphatic rings. The van der Waals surface area contributed by atoms with E-state index in [1.165, 1.54) is 0 Å². The molecule has 26 heavy (non-hydrogen) atoms. The Hall–Kier alpha value is -2.89. The van der Waals surface area contributed by atoms with Crippen molar-refractivity contribution < 1.29 is 4.79 Å². The first-order valence-corrected chi connectivity index (χ1v) is 9.23. The van der Waals surface area contributed by atoms with Crippen LogP contribution in [-0.2, 0) is 0 Å². The zero-order valence-corrected chi connectivity index (χ0v) is 15.2. The summed E-state index contributed by atoms with van der Waals surface area (Å²) < 4.78 is 1.72. The van der Waals surface area contributed by atoms with Crippen molar-refractivity contribution in [2.75, 3.05) is 5.32 Å². The third kappa shape index (κ3) is 3.27. The highest BCUT2D eigenvalue weighted by molar-refractivity contribution is 7.13. The Morgan fingerprint density at radius 2 is 1.77 bits per heavy atom. The van der Waals surface area contributed by atoms with Gasteiger partial charge < -0.3 is 5.32 Å². The molecule has 1 N–H and O–H groups in total. The fourth-order valence-electron chi connectivity index (χ4n) is 2.60. The highest BCUT2D eigenvalue weighted by Crippen LogP contribution is 2.29. The number of benzene rings is 2. The van der Waals surface area contributed by atoms with E-state index < -0.39 is 0 Å². The summed E-state index contributed by atoms with van der Waals surface area (Å²) in [6, 6.07) is 20.8. The lowest BCUT2D eigenvalue weighted by molar-refractivity contribution is 0.102. The van der Waals surface area contributed by atoms with Crippen molar-refractivity contribution in [3.63, 3.8) is 0 Å². The number of rotatable bonds is 4. The summed E-state index contributed by atoms with van der Waals surface area (Å²) in [6.07, 6.45) is 1.75. The molecule has 2 aromatic carbocycles. The number of halogens is 1. The van der Waals surface area contributed by atoms with Gasteiger partial charge in [-0.3, -0.25) is 4.79 Å². The molecular formula is C20H14ClN3OS. The van der Waals surface area contributed by atoms with Gasteiger partial charge in [0.05, 0.1) is 26.8 Å². The van der Waals surface area contributed by atoms with Crippen molar-refractivity contribution in [3.8, 4) is 16.3 Å². The first kappa shape index (κ1) is 16.6. The van der Waals surface area contributed by atoms with Gasteiger partial charge in [-0.05, 0) is 35.7 Å². The maximum atomic E-state index is 12.9. The largest absolute Gasteiger partial charge is 0.321 e. The Morgan fingerprint density at radius 1 is 1.00 bits per heavy atom. The molecule has 1 amide bonds. The number of amides is 1. The molecule has 4 rings (SSSR count). The lowest BCUT2D eigenvalue weighted by Crippen LogP contribution is -2.12. The zero-order valence-electron chi connectivity index (χ0n) is 13.6. The van der Waals surface area contributed by atoms with E-state index in [0.29, 0.717) is 22.0 Å². The minimum atomic E-state index is -0.247. The fraction of sp³-hybridized carbons (Fsp3) is 0. The second-order valence-electron chi connectivity index (χ2n) is 5.58. The van der Waals surface area contributed by atoms with Gasteiger partial charge in [0.2, 0.25) is 0 Å². The Bertz CT molecular complexity index is 1040. The van der Waals surface area contributed by atoms with E-state index >= 15 is 0 Å². The van der Waals surface area contributed by atoms with Crippen LogP contribution in [0.3, 0.4) is 0 Å². The molecule has 0 saturated carbocycles. The zero-order chi connectivity index (χ0) is 17.9. The van der Waals surface area contributed by atoms with E-state index in [1.807, 2.05) is 60.0 Å². The van der Waals surface area contributed by atoms with Crippen LogP contribution in [-0.4, -0.2) is 15.7 Å². The normalized spacial score (nSPS) is 10.7. The number of hydrogen-bond donors (Lipinski definition) is 1. The van der Waals surface area contributed by atoms with Gasteiger partial charge in [0.15, 0.2) is 0 Å². The van der Waals surface area contributed by atoms with E-state index in [4.69, 9.17) is 11.6 Å². The lowest BCUT2D eigenvalue weighted by atomic mass is 10.2. The van der Waals surface area contributed by atoms with Crippen molar-refractivity contribution in [2.45, 2.75) is 0 Å². The van der Waals surface area contributed by atoms with Crippen molar-refractivity contribution in [2.24, 2.45) is 0 Å². The van der Waals surface area contributed by atoms with Crippen LogP contribution in [0.2, 0.25) is 5.02 Å². The molecule has 0 aliphatic carbocycles. The van der Waals surface area contributed by atoms with Crippen LogP contribution in [0.4, 0.5) is 5.69 Å². The average Bonchev–Trinajstić information content (AvgIpc) is 3.34. The molecule has 4 aromatic rings. The summed E-state index contributed by atoms with van der Waals surface area (Å²) in [7, 11) is 0. The SMILES string of the molecule is O=C(Nc1ccccc1Cl)c1cn(-c2ccccc2)nc1-c1cccs1. The van der Waals surface area contributed by atoms with Gasteiger partial charge in [-0.25, -0.2) is 4.68 Å². The quantitative estimate of drug-likeness (QED) is 0.508. The molecular weight excluding hydrogens is 366 g/mol. The predicted octanol–water partition coefficient (Wildman–Crippen LogP) is 5.51. The number of anilines is 1. The van der Waals surface area contributed by atoms with Crippen LogP contribution in [0.1, 0.15) is 10.4 Å². The smallest absolute Gasteiger partial charge is 0.259 e. The second kappa shape index (κ2) is 7.15. The number of carbonyl (C=O) groups excluding carboxylic acids is 1. The summed E-state index contributed by atoms with van der Waals surface area (Å²) in [5, 5.41) is 9.97. The maximum absolute atomic E-state index is 12.9. The molecule has 0 radical (unpaired) electrons. The highest BCUT2D eigenvalue weighted by atomic mass is 35.5. The Kier molecular flexibility index (Phi) is 4.56. The molecule has 2 heterocycles. The third-order valence-corrected chi connectivity index (χ3v) is 5.06. The van der Waals surface area contributed by atoms with Crippen LogP contribution in [0.25, 0.3) is 16.3 Å². The number of carbonyl (C=O) groups is 1. The molecule has 0 atom stereocenters. The molecule has 6 heteroatoms. The number of hydrogen-bond acceptors (Lipinski definition) is 3. The summed E-state index contributed by atoms with van der Waals surface area (Å²) in [5.41, 5.74) is 2.61. The van der Waals surface area contributed by atoms with E-state index in [0.717, 1.165) is 10.6 Å². The summed E-state index contributed by atoms with van der Waals surface area (Å²) >= 11 is 7.71. The summed E-state index contributed by atoms with van der Waals surface area (Å²) in [6.45, 7) is 0. The van der Waals surface area contributed by atoms with Crippen LogP contribution in [0.5, 0.6) is 0 Å². The first-order valence-electron chi connectivity index (χ1n) is 7.97. The molecule has 0 aliphatic heterocycles. The average molecular weight is 380 g/mol. The molecule has 4 nitrogen and oxygen atoms in total. The number of nitrogens with one attached hydrogen (secondary N) is 1. The molecule has 0 fully saturated rings. The fourth-order valence-corrected chi connectivity index (χ4v) is 3.51. The standard InChI is InChI=1S/C20H14ClN3OS/c21-16-9-4-5-10-17(16)22-20(25)15-13-24(14-7-2-1-3-8-14)23-19(15)18-11-6-12-26-18/h1-13H,(H,22,25). The summed E-state index contributed by atoms with van der Waals surface area (Å²) in [5.74, 6) is -0.247. The Balaban J connectivity index is 1.75. The molecule has 128 valence electrons. The van der Waals surface area contributed by atoms with Gasteiger partial charge in [-0.1, -0.05) is 48.0 Å². The lowest BCUT2D eigenvalue weighted by Gasteiger charge is -2.06. The van der Waals surface area contributed by atoms with Gasteiger partial charge in [0, 0.05) is 6.20 Å². The number of nitrogens with zero attached hydrogens (tertiary/aromatic N) is 2. The predicted molar refractivity (Wildman–Crippen MR) is 106 cm³/mol.